The summed E-state index contributed by atoms with van der Waals surface area (Å²) < 4.78 is 4.90. The van der Waals surface area contributed by atoms with E-state index in [0.29, 0.717) is 10.8 Å². The molecule has 1 aromatic heterocycles. The van der Waals surface area contributed by atoms with Gasteiger partial charge >= 0.3 is 0 Å². The third kappa shape index (κ3) is 2.17. The zero-order valence-electron chi connectivity index (χ0n) is 6.90. The topological polar surface area (TPSA) is 39.2 Å². The summed E-state index contributed by atoms with van der Waals surface area (Å²) in [6.07, 6.45) is 2.51. The SMILES string of the molecule is COc1nc(/C=C(\C)C=O)cs1. The summed E-state index contributed by atoms with van der Waals surface area (Å²) in [5.41, 5.74) is 1.42. The Balaban J connectivity index is 2.82. The Hall–Kier alpha value is -1.16. The second kappa shape index (κ2) is 4.01. The standard InChI is InChI=1S/C8H9NO2S/c1-6(4-10)3-7-5-12-8(9-7)11-2/h3-5H,1-2H3/b6-3+. The molecular weight excluding hydrogens is 174 g/mol. The molecule has 64 valence electrons. The third-order valence-electron chi connectivity index (χ3n) is 1.24. The minimum atomic E-state index is 0.611. The summed E-state index contributed by atoms with van der Waals surface area (Å²) in [7, 11) is 1.57. The molecule has 1 rings (SSSR count). The van der Waals surface area contributed by atoms with Gasteiger partial charge in [-0.3, -0.25) is 4.79 Å². The van der Waals surface area contributed by atoms with Crippen LogP contribution in [0.25, 0.3) is 6.08 Å². The van der Waals surface area contributed by atoms with Crippen molar-refractivity contribution in [3.63, 3.8) is 0 Å². The number of rotatable bonds is 3. The monoisotopic (exact) mass is 183 g/mol. The highest BCUT2D eigenvalue weighted by atomic mass is 32.1. The minimum absolute atomic E-state index is 0.611. The van der Waals surface area contributed by atoms with E-state index in [-0.39, 0.29) is 0 Å². The molecule has 0 spiro atoms. The maximum absolute atomic E-state index is 10.3. The molecule has 0 atom stereocenters. The molecule has 0 amide bonds. The van der Waals surface area contributed by atoms with Gasteiger partial charge in [-0.15, -0.1) is 0 Å². The highest BCUT2D eigenvalue weighted by molar-refractivity contribution is 7.11. The lowest BCUT2D eigenvalue weighted by Crippen LogP contribution is -1.81. The van der Waals surface area contributed by atoms with Crippen molar-refractivity contribution in [1.82, 2.24) is 4.98 Å². The molecule has 1 aromatic rings. The lowest BCUT2D eigenvalue weighted by Gasteiger charge is -1.87. The van der Waals surface area contributed by atoms with E-state index >= 15 is 0 Å². The number of hydrogen-bond donors (Lipinski definition) is 0. The summed E-state index contributed by atoms with van der Waals surface area (Å²) in [6.45, 7) is 1.73. The molecule has 0 aliphatic rings. The number of hydrogen-bond acceptors (Lipinski definition) is 4. The molecule has 4 heteroatoms. The lowest BCUT2D eigenvalue weighted by atomic mass is 10.3. The van der Waals surface area contributed by atoms with Crippen LogP contribution < -0.4 is 4.74 Å². The van der Waals surface area contributed by atoms with E-state index in [9.17, 15) is 4.79 Å². The number of carbonyl (C=O) groups is 1. The number of ether oxygens (including phenoxy) is 1. The highest BCUT2D eigenvalue weighted by Crippen LogP contribution is 2.18. The maximum Gasteiger partial charge on any atom is 0.273 e. The van der Waals surface area contributed by atoms with Crippen LogP contribution in [0.3, 0.4) is 0 Å². The predicted octanol–water partition coefficient (Wildman–Crippen LogP) is 1.75. The van der Waals surface area contributed by atoms with Crippen LogP contribution >= 0.6 is 11.3 Å². The van der Waals surface area contributed by atoms with Gasteiger partial charge in [-0.25, -0.2) is 4.98 Å². The highest BCUT2D eigenvalue weighted by Gasteiger charge is 1.98. The maximum atomic E-state index is 10.3. The number of carbonyl (C=O) groups excluding carboxylic acids is 1. The van der Waals surface area contributed by atoms with E-state index in [1.807, 2.05) is 5.38 Å². The Labute approximate surface area is 74.7 Å². The Morgan fingerprint density at radius 2 is 2.50 bits per heavy atom. The van der Waals surface area contributed by atoms with Gasteiger partial charge in [-0.1, -0.05) is 11.3 Å². The predicted molar refractivity (Wildman–Crippen MR) is 48.4 cm³/mol. The molecule has 0 unspecified atom stereocenters. The Bertz CT molecular complexity index is 304. The number of nitrogens with zero attached hydrogens (tertiary/aromatic N) is 1. The van der Waals surface area contributed by atoms with Crippen molar-refractivity contribution in [2.24, 2.45) is 0 Å². The van der Waals surface area contributed by atoms with Crippen LogP contribution in [0.5, 0.6) is 5.19 Å². The molecule has 0 saturated carbocycles. The van der Waals surface area contributed by atoms with Crippen molar-refractivity contribution in [2.75, 3.05) is 7.11 Å². The molecule has 0 aliphatic heterocycles. The molecule has 0 radical (unpaired) electrons. The number of methoxy groups -OCH3 is 1. The van der Waals surface area contributed by atoms with Crippen molar-refractivity contribution >= 4 is 23.7 Å². The first kappa shape index (κ1) is 8.93. The third-order valence-corrected chi connectivity index (χ3v) is 2.06. The van der Waals surface area contributed by atoms with E-state index in [1.54, 1.807) is 20.1 Å². The lowest BCUT2D eigenvalue weighted by molar-refractivity contribution is -0.104. The van der Waals surface area contributed by atoms with Crippen molar-refractivity contribution < 1.29 is 9.53 Å². The largest absolute Gasteiger partial charge is 0.473 e. The first-order valence-electron chi connectivity index (χ1n) is 3.39. The van der Waals surface area contributed by atoms with Crippen molar-refractivity contribution in [3.05, 3.63) is 16.6 Å². The molecule has 1 heterocycles. The van der Waals surface area contributed by atoms with Crippen LogP contribution in [0.2, 0.25) is 0 Å². The quantitative estimate of drug-likeness (QED) is 0.529. The van der Waals surface area contributed by atoms with Gasteiger partial charge in [0.05, 0.1) is 12.8 Å². The molecule has 0 saturated heterocycles. The van der Waals surface area contributed by atoms with Gasteiger partial charge in [0.15, 0.2) is 0 Å². The fraction of sp³-hybridized carbons (Fsp3) is 0.250. The van der Waals surface area contributed by atoms with Gasteiger partial charge in [-0.2, -0.15) is 0 Å². The van der Waals surface area contributed by atoms with Gasteiger partial charge in [0.1, 0.15) is 6.29 Å². The van der Waals surface area contributed by atoms with Gasteiger partial charge in [0.25, 0.3) is 5.19 Å². The average molecular weight is 183 g/mol. The molecule has 0 N–H and O–H groups in total. The summed E-state index contributed by atoms with van der Waals surface area (Å²) in [5, 5.41) is 2.45. The fourth-order valence-corrected chi connectivity index (χ4v) is 1.29. The van der Waals surface area contributed by atoms with Crippen LogP contribution in [-0.4, -0.2) is 18.4 Å². The van der Waals surface area contributed by atoms with Crippen LogP contribution in [-0.2, 0) is 4.79 Å². The van der Waals surface area contributed by atoms with Crippen LogP contribution in [0.4, 0.5) is 0 Å². The second-order valence-electron chi connectivity index (χ2n) is 2.25. The van der Waals surface area contributed by atoms with Gasteiger partial charge in [0.2, 0.25) is 0 Å². The Morgan fingerprint density at radius 1 is 1.75 bits per heavy atom. The molecule has 0 aromatic carbocycles. The Kier molecular flexibility index (Phi) is 2.99. The molecule has 0 aliphatic carbocycles. The molecule has 0 bridgehead atoms. The Morgan fingerprint density at radius 3 is 3.00 bits per heavy atom. The zero-order chi connectivity index (χ0) is 8.97. The van der Waals surface area contributed by atoms with Crippen LogP contribution in [0, 0.1) is 0 Å². The minimum Gasteiger partial charge on any atom is -0.473 e. The van der Waals surface area contributed by atoms with E-state index in [4.69, 9.17) is 4.74 Å². The summed E-state index contributed by atoms with van der Waals surface area (Å²) >= 11 is 1.41. The number of aldehydes is 1. The van der Waals surface area contributed by atoms with Crippen molar-refractivity contribution in [2.45, 2.75) is 6.92 Å². The second-order valence-corrected chi connectivity index (χ2v) is 3.07. The number of thiazole rings is 1. The van der Waals surface area contributed by atoms with Crippen LogP contribution in [0.1, 0.15) is 12.6 Å². The number of allylic oxidation sites excluding steroid dienone is 1. The first-order chi connectivity index (χ1) is 5.76. The summed E-state index contributed by atoms with van der Waals surface area (Å²) in [6, 6.07) is 0. The number of aromatic nitrogens is 1. The van der Waals surface area contributed by atoms with Crippen molar-refractivity contribution in [1.29, 1.82) is 0 Å². The molecule has 12 heavy (non-hydrogen) atoms. The normalized spacial score (nSPS) is 11.3. The fourth-order valence-electron chi connectivity index (χ4n) is 0.696. The smallest absolute Gasteiger partial charge is 0.273 e. The van der Waals surface area contributed by atoms with E-state index in [1.165, 1.54) is 11.3 Å². The molecular formula is C8H9NO2S. The zero-order valence-corrected chi connectivity index (χ0v) is 7.72. The van der Waals surface area contributed by atoms with Crippen LogP contribution in [0.15, 0.2) is 11.0 Å². The molecule has 0 fully saturated rings. The molecule has 3 nitrogen and oxygen atoms in total. The van der Waals surface area contributed by atoms with Gasteiger partial charge in [0, 0.05) is 5.38 Å². The van der Waals surface area contributed by atoms with E-state index in [2.05, 4.69) is 4.98 Å². The van der Waals surface area contributed by atoms with Gasteiger partial charge in [-0.05, 0) is 18.6 Å². The van der Waals surface area contributed by atoms with Crippen molar-refractivity contribution in [3.8, 4) is 5.19 Å². The van der Waals surface area contributed by atoms with Gasteiger partial charge < -0.3 is 4.74 Å². The summed E-state index contributed by atoms with van der Waals surface area (Å²) in [4.78, 5) is 14.3. The van der Waals surface area contributed by atoms with E-state index < -0.39 is 0 Å². The first-order valence-corrected chi connectivity index (χ1v) is 4.27. The summed E-state index contributed by atoms with van der Waals surface area (Å²) in [5.74, 6) is 0. The van der Waals surface area contributed by atoms with E-state index in [0.717, 1.165) is 12.0 Å². The average Bonchev–Trinajstić information content (AvgIpc) is 2.52.